The monoisotopic (exact) mass is 581 g/mol. The average molecular weight is 582 g/mol. The van der Waals surface area contributed by atoms with Crippen LogP contribution < -0.4 is 20.0 Å². The normalized spacial score (nSPS) is 18.9. The molecule has 2 atom stereocenters. The fourth-order valence-electron chi connectivity index (χ4n) is 5.42. The second-order valence-electron chi connectivity index (χ2n) is 10.2. The Morgan fingerprint density at radius 3 is 2.69 bits per heavy atom. The van der Waals surface area contributed by atoms with Gasteiger partial charge in [-0.1, -0.05) is 12.1 Å². The fraction of sp³-hybridized carbons (Fsp3) is 0.345. The largest absolute Gasteiger partial charge is 0.494 e. The summed E-state index contributed by atoms with van der Waals surface area (Å²) in [4.78, 5) is 16.6. The van der Waals surface area contributed by atoms with Crippen molar-refractivity contribution in [2.75, 3.05) is 48.7 Å². The number of rotatable bonds is 7. The SMILES string of the molecule is COc1cc(N2CCO[C@H](C)C2)c(-c2cn(C)nc2F)cc1Nc1cc(N2OCC[C@@H]2c2cccc(F)c2F)ncn1. The molecular formula is C29H30F3N7O3. The number of hydrogen-bond acceptors (Lipinski definition) is 9. The number of halogens is 3. The van der Waals surface area contributed by atoms with Gasteiger partial charge in [-0.15, -0.1) is 5.10 Å². The Hall–Kier alpha value is -4.36. The summed E-state index contributed by atoms with van der Waals surface area (Å²) in [7, 11) is 3.22. The summed E-state index contributed by atoms with van der Waals surface area (Å²) in [6.07, 6.45) is 3.43. The lowest BCUT2D eigenvalue weighted by Gasteiger charge is -2.34. The fourth-order valence-corrected chi connectivity index (χ4v) is 5.42. The third-order valence-electron chi connectivity index (χ3n) is 7.36. The molecule has 0 aliphatic carbocycles. The Labute approximate surface area is 240 Å². The van der Waals surface area contributed by atoms with Crippen LogP contribution in [0.1, 0.15) is 24.9 Å². The lowest BCUT2D eigenvalue weighted by Crippen LogP contribution is -2.41. The molecule has 10 nitrogen and oxygen atoms in total. The number of methoxy groups -OCH3 is 1. The van der Waals surface area contributed by atoms with Gasteiger partial charge in [-0.3, -0.25) is 9.52 Å². The molecule has 2 aliphatic heterocycles. The molecule has 1 N–H and O–H groups in total. The number of hydrogen-bond donors (Lipinski definition) is 1. The number of aromatic nitrogens is 4. The van der Waals surface area contributed by atoms with E-state index in [0.717, 1.165) is 11.8 Å². The first kappa shape index (κ1) is 27.8. The first-order chi connectivity index (χ1) is 20.3. The number of aryl methyl sites for hydroxylation is 1. The van der Waals surface area contributed by atoms with Gasteiger partial charge in [-0.2, -0.15) is 4.39 Å². The Balaban J connectivity index is 1.36. The number of benzene rings is 2. The van der Waals surface area contributed by atoms with Crippen LogP contribution in [0.4, 0.5) is 36.2 Å². The van der Waals surface area contributed by atoms with Gasteiger partial charge in [0.2, 0.25) is 5.95 Å². The van der Waals surface area contributed by atoms with Gasteiger partial charge in [0.05, 0.1) is 43.7 Å². The number of ether oxygens (including phenoxy) is 2. The standard InChI is InChI=1S/C29H30F3N7O3/c1-17-14-38(8-10-41-17)24-12-25(40-3)22(11-19(24)20-15-37(2)36-29(20)32)35-26-13-27(34-16-33-26)39-23(7-9-42-39)18-5-4-6-21(30)28(18)31/h4-6,11-13,15-17,23H,7-10,14H2,1-3H3,(H,33,34,35)/t17-,23-/m1/s1. The maximum Gasteiger partial charge on any atom is 0.240 e. The van der Waals surface area contributed by atoms with Gasteiger partial charge in [0.1, 0.15) is 17.9 Å². The van der Waals surface area contributed by atoms with Crippen LogP contribution in [0.25, 0.3) is 11.1 Å². The van der Waals surface area contributed by atoms with Gasteiger partial charge in [-0.25, -0.2) is 23.8 Å². The molecule has 4 heterocycles. The van der Waals surface area contributed by atoms with E-state index in [1.165, 1.54) is 28.2 Å². The highest BCUT2D eigenvalue weighted by molar-refractivity contribution is 5.86. The zero-order chi connectivity index (χ0) is 29.4. The lowest BCUT2D eigenvalue weighted by atomic mass is 10.0. The van der Waals surface area contributed by atoms with E-state index >= 15 is 0 Å². The number of hydroxylamine groups is 1. The minimum atomic E-state index is -0.924. The van der Waals surface area contributed by atoms with Crippen molar-refractivity contribution in [2.45, 2.75) is 25.5 Å². The molecule has 2 aromatic heterocycles. The van der Waals surface area contributed by atoms with Crippen LogP contribution in [-0.2, 0) is 16.6 Å². The summed E-state index contributed by atoms with van der Waals surface area (Å²) in [5, 5.41) is 8.62. The first-order valence-electron chi connectivity index (χ1n) is 13.6. The minimum absolute atomic E-state index is 0.00562. The summed E-state index contributed by atoms with van der Waals surface area (Å²) in [6.45, 7) is 4.11. The smallest absolute Gasteiger partial charge is 0.240 e. The molecule has 0 bridgehead atoms. The quantitative estimate of drug-likeness (QED) is 0.318. The molecular weight excluding hydrogens is 551 g/mol. The highest BCUT2D eigenvalue weighted by atomic mass is 19.2. The van der Waals surface area contributed by atoms with Crippen LogP contribution in [0.3, 0.4) is 0 Å². The molecule has 220 valence electrons. The van der Waals surface area contributed by atoms with E-state index in [2.05, 4.69) is 25.3 Å². The first-order valence-corrected chi connectivity index (χ1v) is 13.6. The number of nitrogens with zero attached hydrogens (tertiary/aromatic N) is 6. The molecule has 13 heteroatoms. The Morgan fingerprint density at radius 2 is 1.93 bits per heavy atom. The molecule has 2 aliphatic rings. The molecule has 0 unspecified atom stereocenters. The molecule has 6 rings (SSSR count). The molecule has 4 aromatic rings. The number of morpholine rings is 1. The Bertz CT molecular complexity index is 1600. The van der Waals surface area contributed by atoms with Crippen LogP contribution in [0.2, 0.25) is 0 Å². The highest BCUT2D eigenvalue weighted by Gasteiger charge is 2.32. The van der Waals surface area contributed by atoms with Gasteiger partial charge in [0.25, 0.3) is 0 Å². The van der Waals surface area contributed by atoms with Crippen molar-refractivity contribution in [3.63, 3.8) is 0 Å². The third-order valence-corrected chi connectivity index (χ3v) is 7.36. The number of anilines is 4. The van der Waals surface area contributed by atoms with Crippen molar-refractivity contribution in [2.24, 2.45) is 7.05 Å². The minimum Gasteiger partial charge on any atom is -0.494 e. The van der Waals surface area contributed by atoms with Crippen LogP contribution in [-0.4, -0.2) is 59.3 Å². The van der Waals surface area contributed by atoms with Gasteiger partial charge < -0.3 is 19.7 Å². The Kier molecular flexibility index (Phi) is 7.60. The molecule has 2 aromatic carbocycles. The van der Waals surface area contributed by atoms with E-state index < -0.39 is 23.6 Å². The van der Waals surface area contributed by atoms with E-state index in [1.54, 1.807) is 32.5 Å². The summed E-state index contributed by atoms with van der Waals surface area (Å²) in [6, 6.07) is 8.80. The molecule has 42 heavy (non-hydrogen) atoms. The zero-order valence-corrected chi connectivity index (χ0v) is 23.4. The van der Waals surface area contributed by atoms with Crippen LogP contribution >= 0.6 is 0 Å². The molecule has 0 saturated carbocycles. The number of nitrogens with one attached hydrogen (secondary N) is 1. The topological polar surface area (TPSA) is 89.8 Å². The zero-order valence-electron chi connectivity index (χ0n) is 23.4. The van der Waals surface area contributed by atoms with Gasteiger partial charge in [0.15, 0.2) is 17.5 Å². The van der Waals surface area contributed by atoms with Crippen molar-refractivity contribution in [3.8, 4) is 16.9 Å². The highest BCUT2D eigenvalue weighted by Crippen LogP contribution is 2.42. The van der Waals surface area contributed by atoms with Crippen LogP contribution in [0.15, 0.2) is 48.9 Å². The second-order valence-corrected chi connectivity index (χ2v) is 10.2. The van der Waals surface area contributed by atoms with E-state index in [-0.39, 0.29) is 11.7 Å². The molecule has 0 amide bonds. The third kappa shape index (κ3) is 5.32. The van der Waals surface area contributed by atoms with E-state index in [4.69, 9.17) is 14.3 Å². The van der Waals surface area contributed by atoms with E-state index in [9.17, 15) is 13.2 Å². The van der Waals surface area contributed by atoms with Crippen molar-refractivity contribution in [3.05, 3.63) is 72.1 Å². The van der Waals surface area contributed by atoms with Gasteiger partial charge >= 0.3 is 0 Å². The van der Waals surface area contributed by atoms with Gasteiger partial charge in [0, 0.05) is 61.7 Å². The summed E-state index contributed by atoms with van der Waals surface area (Å²) in [5.41, 5.74) is 2.45. The van der Waals surface area contributed by atoms with Crippen LogP contribution in [0.5, 0.6) is 5.75 Å². The molecule has 0 spiro atoms. The van der Waals surface area contributed by atoms with Crippen molar-refractivity contribution in [1.82, 2.24) is 19.7 Å². The lowest BCUT2D eigenvalue weighted by molar-refractivity contribution is 0.0532. The predicted octanol–water partition coefficient (Wildman–Crippen LogP) is 5.15. The van der Waals surface area contributed by atoms with E-state index in [1.807, 2.05) is 13.0 Å². The van der Waals surface area contributed by atoms with E-state index in [0.29, 0.717) is 66.9 Å². The van der Waals surface area contributed by atoms with Crippen molar-refractivity contribution < 1.29 is 27.5 Å². The maximum absolute atomic E-state index is 15.0. The Morgan fingerprint density at radius 1 is 1.07 bits per heavy atom. The molecule has 2 saturated heterocycles. The summed E-state index contributed by atoms with van der Waals surface area (Å²) < 4.78 is 56.5. The van der Waals surface area contributed by atoms with Gasteiger partial charge in [-0.05, 0) is 19.1 Å². The summed E-state index contributed by atoms with van der Waals surface area (Å²) in [5.74, 6) is -1.18. The maximum atomic E-state index is 15.0. The average Bonchev–Trinajstić information content (AvgIpc) is 3.60. The van der Waals surface area contributed by atoms with Crippen LogP contribution in [0, 0.1) is 17.6 Å². The summed E-state index contributed by atoms with van der Waals surface area (Å²) >= 11 is 0. The molecule has 2 fully saturated rings. The second kappa shape index (κ2) is 11.5. The van der Waals surface area contributed by atoms with Crippen molar-refractivity contribution in [1.29, 1.82) is 0 Å². The van der Waals surface area contributed by atoms with Crippen molar-refractivity contribution >= 4 is 23.0 Å². The predicted molar refractivity (Wildman–Crippen MR) is 150 cm³/mol. The molecule has 0 radical (unpaired) electrons.